The summed E-state index contributed by atoms with van der Waals surface area (Å²) in [7, 11) is -0.551. The standard InChI is InChI=1S/C18H29N3O3S/c1-13-8-5-6-11-17(13)19-14(2)18(22)20-15-9-7-10-16(12-15)25(23,24)21(3)4/h7,9-10,12-14,17,19H,5-6,8,11H2,1-4H3,(H,20,22)/t13-,14-,17-/m0/s1. The number of sulfonamides is 1. The molecule has 0 spiro atoms. The van der Waals surface area contributed by atoms with Gasteiger partial charge in [-0.25, -0.2) is 12.7 Å². The van der Waals surface area contributed by atoms with Crippen LogP contribution in [0.3, 0.4) is 0 Å². The lowest BCUT2D eigenvalue weighted by molar-refractivity contribution is -0.118. The first kappa shape index (κ1) is 19.9. The summed E-state index contributed by atoms with van der Waals surface area (Å²) in [6, 6.07) is 6.37. The Morgan fingerprint density at radius 2 is 1.92 bits per heavy atom. The van der Waals surface area contributed by atoms with Crippen molar-refractivity contribution in [2.45, 2.75) is 56.5 Å². The number of hydrogen-bond acceptors (Lipinski definition) is 4. The van der Waals surface area contributed by atoms with E-state index in [1.807, 2.05) is 6.92 Å². The predicted molar refractivity (Wildman–Crippen MR) is 100.0 cm³/mol. The number of benzene rings is 1. The number of nitrogens with zero attached hydrogens (tertiary/aromatic N) is 1. The molecule has 2 N–H and O–H groups in total. The highest BCUT2D eigenvalue weighted by Crippen LogP contribution is 2.24. The van der Waals surface area contributed by atoms with Crippen molar-refractivity contribution >= 4 is 21.6 Å². The summed E-state index contributed by atoms with van der Waals surface area (Å²) < 4.78 is 25.6. The fourth-order valence-corrected chi connectivity index (χ4v) is 4.10. The minimum Gasteiger partial charge on any atom is -0.325 e. The van der Waals surface area contributed by atoms with Crippen LogP contribution in [0.2, 0.25) is 0 Å². The molecule has 0 aromatic heterocycles. The van der Waals surface area contributed by atoms with E-state index in [-0.39, 0.29) is 16.8 Å². The minimum atomic E-state index is -3.52. The third-order valence-corrected chi connectivity index (χ3v) is 6.66. The number of nitrogens with one attached hydrogen (secondary N) is 2. The van der Waals surface area contributed by atoms with Crippen LogP contribution in [-0.2, 0) is 14.8 Å². The molecule has 0 aliphatic heterocycles. The van der Waals surface area contributed by atoms with Crippen molar-refractivity contribution in [1.82, 2.24) is 9.62 Å². The summed E-state index contributed by atoms with van der Waals surface area (Å²) in [6.45, 7) is 4.06. The number of hydrogen-bond donors (Lipinski definition) is 2. The largest absolute Gasteiger partial charge is 0.325 e. The third-order valence-electron chi connectivity index (χ3n) is 4.85. The van der Waals surface area contributed by atoms with Crippen LogP contribution in [0.25, 0.3) is 0 Å². The summed E-state index contributed by atoms with van der Waals surface area (Å²) in [4.78, 5) is 12.6. The molecule has 1 aliphatic carbocycles. The molecule has 2 rings (SSSR count). The molecule has 1 aromatic rings. The monoisotopic (exact) mass is 367 g/mol. The van der Waals surface area contributed by atoms with Crippen molar-refractivity contribution in [2.24, 2.45) is 5.92 Å². The molecule has 25 heavy (non-hydrogen) atoms. The average Bonchev–Trinajstić information content (AvgIpc) is 2.57. The molecule has 0 saturated heterocycles. The second-order valence-corrected chi connectivity index (χ2v) is 9.21. The smallest absolute Gasteiger partial charge is 0.242 e. The van der Waals surface area contributed by atoms with Gasteiger partial charge < -0.3 is 10.6 Å². The van der Waals surface area contributed by atoms with Gasteiger partial charge in [0.2, 0.25) is 15.9 Å². The van der Waals surface area contributed by atoms with E-state index >= 15 is 0 Å². The van der Waals surface area contributed by atoms with Crippen LogP contribution in [0.5, 0.6) is 0 Å². The average molecular weight is 368 g/mol. The second-order valence-electron chi connectivity index (χ2n) is 7.06. The zero-order chi connectivity index (χ0) is 18.6. The molecule has 1 amide bonds. The topological polar surface area (TPSA) is 78.5 Å². The van der Waals surface area contributed by atoms with Gasteiger partial charge in [0.25, 0.3) is 0 Å². The molecule has 0 heterocycles. The molecule has 1 aliphatic rings. The zero-order valence-electron chi connectivity index (χ0n) is 15.5. The van der Waals surface area contributed by atoms with Gasteiger partial charge in [-0.1, -0.05) is 25.8 Å². The molecule has 1 fully saturated rings. The maximum atomic E-state index is 12.5. The first-order valence-electron chi connectivity index (χ1n) is 8.81. The maximum Gasteiger partial charge on any atom is 0.242 e. The van der Waals surface area contributed by atoms with Crippen molar-refractivity contribution in [3.8, 4) is 0 Å². The van der Waals surface area contributed by atoms with Crippen LogP contribution in [0, 0.1) is 5.92 Å². The lowest BCUT2D eigenvalue weighted by Gasteiger charge is -2.31. The van der Waals surface area contributed by atoms with Gasteiger partial charge >= 0.3 is 0 Å². The van der Waals surface area contributed by atoms with E-state index in [0.29, 0.717) is 17.6 Å². The van der Waals surface area contributed by atoms with Gasteiger partial charge in [-0.2, -0.15) is 0 Å². The van der Waals surface area contributed by atoms with Crippen molar-refractivity contribution in [3.63, 3.8) is 0 Å². The molecule has 1 aromatic carbocycles. The molecule has 1 saturated carbocycles. The summed E-state index contributed by atoms with van der Waals surface area (Å²) in [6.07, 6.45) is 4.74. The molecule has 0 radical (unpaired) electrons. The van der Waals surface area contributed by atoms with Crippen molar-refractivity contribution < 1.29 is 13.2 Å². The Balaban J connectivity index is 2.02. The van der Waals surface area contributed by atoms with Gasteiger partial charge in [-0.15, -0.1) is 0 Å². The van der Waals surface area contributed by atoms with Gasteiger partial charge in [-0.3, -0.25) is 4.79 Å². The summed E-state index contributed by atoms with van der Waals surface area (Å²) in [5.74, 6) is 0.412. The maximum absolute atomic E-state index is 12.5. The Kier molecular flexibility index (Phi) is 6.59. The molecule has 140 valence electrons. The summed E-state index contributed by atoms with van der Waals surface area (Å²) in [5, 5.41) is 6.23. The quantitative estimate of drug-likeness (QED) is 0.809. The molecular formula is C18H29N3O3S. The first-order chi connectivity index (χ1) is 11.7. The second kappa shape index (κ2) is 8.29. The van der Waals surface area contributed by atoms with Gasteiger partial charge in [0.15, 0.2) is 0 Å². The van der Waals surface area contributed by atoms with E-state index in [2.05, 4.69) is 17.6 Å². The van der Waals surface area contributed by atoms with E-state index in [1.54, 1.807) is 12.1 Å². The fourth-order valence-electron chi connectivity index (χ4n) is 3.16. The Hall–Kier alpha value is -1.44. The number of amides is 1. The summed E-state index contributed by atoms with van der Waals surface area (Å²) >= 11 is 0. The third kappa shape index (κ3) is 5.03. The van der Waals surface area contributed by atoms with Gasteiger partial charge in [0, 0.05) is 25.8 Å². The van der Waals surface area contributed by atoms with Gasteiger partial charge in [0.1, 0.15) is 0 Å². The Bertz CT molecular complexity index is 703. The first-order valence-corrected chi connectivity index (χ1v) is 10.3. The van der Waals surface area contributed by atoms with Crippen molar-refractivity contribution in [1.29, 1.82) is 0 Å². The van der Waals surface area contributed by atoms with Crippen molar-refractivity contribution in [3.05, 3.63) is 24.3 Å². The van der Waals surface area contributed by atoms with Gasteiger partial charge in [-0.05, 0) is 43.9 Å². The van der Waals surface area contributed by atoms with E-state index in [1.165, 1.54) is 45.5 Å². The lowest BCUT2D eigenvalue weighted by Crippen LogP contribution is -2.47. The Morgan fingerprint density at radius 3 is 2.56 bits per heavy atom. The van der Waals surface area contributed by atoms with Crippen LogP contribution in [0.4, 0.5) is 5.69 Å². The molecule has 7 heteroatoms. The van der Waals surface area contributed by atoms with E-state index in [9.17, 15) is 13.2 Å². The predicted octanol–water partition coefficient (Wildman–Crippen LogP) is 2.43. The SMILES string of the molecule is C[C@H](N[C@H]1CCCC[C@@H]1C)C(=O)Nc1cccc(S(=O)(=O)N(C)C)c1. The molecule has 0 bridgehead atoms. The fraction of sp³-hybridized carbons (Fsp3) is 0.611. The normalized spacial score (nSPS) is 22.6. The van der Waals surface area contributed by atoms with Crippen molar-refractivity contribution in [2.75, 3.05) is 19.4 Å². The molecule has 0 unspecified atom stereocenters. The number of anilines is 1. The molecular weight excluding hydrogens is 338 g/mol. The van der Waals surface area contributed by atoms with E-state index < -0.39 is 10.0 Å². The van der Waals surface area contributed by atoms with Crippen LogP contribution in [-0.4, -0.2) is 44.8 Å². The van der Waals surface area contributed by atoms with E-state index in [4.69, 9.17) is 0 Å². The highest BCUT2D eigenvalue weighted by atomic mass is 32.2. The molecule has 6 nitrogen and oxygen atoms in total. The van der Waals surface area contributed by atoms with Crippen LogP contribution >= 0.6 is 0 Å². The van der Waals surface area contributed by atoms with Crippen LogP contribution < -0.4 is 10.6 Å². The van der Waals surface area contributed by atoms with Gasteiger partial charge in [0.05, 0.1) is 10.9 Å². The lowest BCUT2D eigenvalue weighted by atomic mass is 9.85. The zero-order valence-corrected chi connectivity index (χ0v) is 16.3. The van der Waals surface area contributed by atoms with Crippen LogP contribution in [0.1, 0.15) is 39.5 Å². The van der Waals surface area contributed by atoms with Crippen LogP contribution in [0.15, 0.2) is 29.2 Å². The number of rotatable bonds is 6. The molecule has 3 atom stereocenters. The van der Waals surface area contributed by atoms with E-state index in [0.717, 1.165) is 10.7 Å². The minimum absolute atomic E-state index is 0.155. The Labute approximate surface area is 151 Å². The number of carbonyl (C=O) groups is 1. The summed E-state index contributed by atoms with van der Waals surface area (Å²) in [5.41, 5.74) is 0.485. The highest BCUT2D eigenvalue weighted by Gasteiger charge is 2.25. The highest BCUT2D eigenvalue weighted by molar-refractivity contribution is 7.89. The number of carbonyl (C=O) groups excluding carboxylic acids is 1. The Morgan fingerprint density at radius 1 is 1.24 bits per heavy atom.